The molecule has 0 fully saturated rings. The number of nitrogens with zero attached hydrogens (tertiary/aromatic N) is 2. The fourth-order valence-electron chi connectivity index (χ4n) is 2.32. The number of hydrogen-bond acceptors (Lipinski definition) is 6. The van der Waals surface area contributed by atoms with E-state index in [9.17, 15) is 14.9 Å². The molecule has 7 nitrogen and oxygen atoms in total. The van der Waals surface area contributed by atoms with Crippen LogP contribution < -0.4 is 10.1 Å². The lowest BCUT2D eigenvalue weighted by molar-refractivity contribution is -0.384. The number of thiazole rings is 1. The van der Waals surface area contributed by atoms with E-state index in [1.165, 1.54) is 35.6 Å². The normalized spacial score (nSPS) is 10.4. The fraction of sp³-hybridized carbons (Fsp3) is 0.111. The minimum absolute atomic E-state index is 0.0430. The van der Waals surface area contributed by atoms with Crippen molar-refractivity contribution in [2.75, 3.05) is 11.9 Å². The molecule has 0 aliphatic rings. The van der Waals surface area contributed by atoms with Gasteiger partial charge in [-0.25, -0.2) is 4.98 Å². The van der Waals surface area contributed by atoms with Crippen molar-refractivity contribution in [1.82, 2.24) is 4.98 Å². The van der Waals surface area contributed by atoms with Crippen LogP contribution in [0.4, 0.5) is 10.8 Å². The summed E-state index contributed by atoms with van der Waals surface area (Å²) in [6, 6.07) is 12.8. The van der Waals surface area contributed by atoms with Gasteiger partial charge in [-0.15, -0.1) is 11.3 Å². The first kappa shape index (κ1) is 18.8. The summed E-state index contributed by atoms with van der Waals surface area (Å²) in [5.41, 5.74) is 1.59. The van der Waals surface area contributed by atoms with Gasteiger partial charge in [0.2, 0.25) is 0 Å². The maximum absolute atomic E-state index is 12.1. The van der Waals surface area contributed by atoms with Gasteiger partial charge >= 0.3 is 0 Å². The average molecular weight is 404 g/mol. The van der Waals surface area contributed by atoms with Crippen LogP contribution in [0.25, 0.3) is 11.3 Å². The number of nitro benzene ring substituents is 1. The van der Waals surface area contributed by atoms with Gasteiger partial charge in [-0.3, -0.25) is 20.2 Å². The van der Waals surface area contributed by atoms with Gasteiger partial charge < -0.3 is 4.74 Å². The molecular weight excluding hydrogens is 390 g/mol. The summed E-state index contributed by atoms with van der Waals surface area (Å²) in [5, 5.41) is 14.4. The minimum atomic E-state index is -0.501. The van der Waals surface area contributed by atoms with E-state index >= 15 is 0 Å². The highest BCUT2D eigenvalue weighted by Gasteiger charge is 2.13. The summed E-state index contributed by atoms with van der Waals surface area (Å²) in [5.74, 6) is -0.00886. The van der Waals surface area contributed by atoms with E-state index < -0.39 is 4.92 Å². The molecule has 0 aliphatic heterocycles. The van der Waals surface area contributed by atoms with Crippen molar-refractivity contribution in [3.8, 4) is 17.0 Å². The monoisotopic (exact) mass is 403 g/mol. The third-order valence-electron chi connectivity index (χ3n) is 3.56. The predicted molar refractivity (Wildman–Crippen MR) is 105 cm³/mol. The number of benzene rings is 2. The molecule has 0 bridgehead atoms. The highest BCUT2D eigenvalue weighted by Crippen LogP contribution is 2.31. The van der Waals surface area contributed by atoms with Crippen LogP contribution in [0.3, 0.4) is 0 Å². The number of amides is 1. The number of ether oxygens (including phenoxy) is 1. The predicted octanol–water partition coefficient (Wildman–Crippen LogP) is 4.70. The molecular formula is C18H14ClN3O4S. The van der Waals surface area contributed by atoms with E-state index in [2.05, 4.69) is 10.3 Å². The lowest BCUT2D eigenvalue weighted by atomic mass is 10.1. The second-order valence-electron chi connectivity index (χ2n) is 5.52. The quantitative estimate of drug-likeness (QED) is 0.475. The molecule has 9 heteroatoms. The Morgan fingerprint density at radius 3 is 2.70 bits per heavy atom. The van der Waals surface area contributed by atoms with E-state index in [1.54, 1.807) is 6.07 Å². The standard InChI is InChI=1S/C18H14ClN3O4S/c1-11-17(12-3-2-4-13(19)9-12)21-18(27-11)20-16(23)10-26-15-7-5-14(6-8-15)22(24)25/h2-9H,10H2,1H3,(H,20,21,23). The molecule has 0 saturated heterocycles. The molecule has 1 amide bonds. The zero-order chi connectivity index (χ0) is 19.4. The van der Waals surface area contributed by atoms with Gasteiger partial charge in [0.1, 0.15) is 5.75 Å². The van der Waals surface area contributed by atoms with E-state index in [-0.39, 0.29) is 18.2 Å². The maximum Gasteiger partial charge on any atom is 0.269 e. The Balaban J connectivity index is 1.61. The number of nitro groups is 1. The van der Waals surface area contributed by atoms with Gasteiger partial charge in [-0.05, 0) is 31.2 Å². The van der Waals surface area contributed by atoms with Crippen LogP contribution >= 0.6 is 22.9 Å². The number of hydrogen-bond donors (Lipinski definition) is 1. The third-order valence-corrected chi connectivity index (χ3v) is 4.68. The van der Waals surface area contributed by atoms with Crippen LogP contribution in [0.15, 0.2) is 48.5 Å². The molecule has 0 atom stereocenters. The van der Waals surface area contributed by atoms with Gasteiger partial charge in [0, 0.05) is 27.6 Å². The summed E-state index contributed by atoms with van der Waals surface area (Å²) < 4.78 is 5.34. The molecule has 1 N–H and O–H groups in total. The van der Waals surface area contributed by atoms with Crippen LogP contribution in [0, 0.1) is 17.0 Å². The van der Waals surface area contributed by atoms with E-state index in [1.807, 2.05) is 25.1 Å². The van der Waals surface area contributed by atoms with Gasteiger partial charge in [0.25, 0.3) is 11.6 Å². The van der Waals surface area contributed by atoms with Crippen LogP contribution in [0.1, 0.15) is 4.88 Å². The fourth-order valence-corrected chi connectivity index (χ4v) is 3.36. The Kier molecular flexibility index (Phi) is 5.68. The van der Waals surface area contributed by atoms with Crippen molar-refractivity contribution in [2.24, 2.45) is 0 Å². The number of rotatable bonds is 6. The van der Waals surface area contributed by atoms with Crippen molar-refractivity contribution in [2.45, 2.75) is 6.92 Å². The number of halogens is 1. The highest BCUT2D eigenvalue weighted by atomic mass is 35.5. The molecule has 0 aliphatic carbocycles. The smallest absolute Gasteiger partial charge is 0.269 e. The lowest BCUT2D eigenvalue weighted by Crippen LogP contribution is -2.20. The first-order valence-electron chi connectivity index (χ1n) is 7.83. The molecule has 0 radical (unpaired) electrons. The molecule has 1 aromatic heterocycles. The Hall–Kier alpha value is -2.97. The number of nitrogens with one attached hydrogen (secondary N) is 1. The van der Waals surface area contributed by atoms with Crippen molar-refractivity contribution < 1.29 is 14.5 Å². The number of aromatic nitrogens is 1. The largest absolute Gasteiger partial charge is 0.484 e. The molecule has 27 heavy (non-hydrogen) atoms. The molecule has 1 heterocycles. The minimum Gasteiger partial charge on any atom is -0.484 e. The van der Waals surface area contributed by atoms with Gasteiger partial charge in [-0.1, -0.05) is 23.7 Å². The summed E-state index contributed by atoms with van der Waals surface area (Å²) in [7, 11) is 0. The van der Waals surface area contributed by atoms with E-state index in [0.29, 0.717) is 15.9 Å². The summed E-state index contributed by atoms with van der Waals surface area (Å²) in [6.07, 6.45) is 0. The average Bonchev–Trinajstić information content (AvgIpc) is 3.00. The maximum atomic E-state index is 12.1. The summed E-state index contributed by atoms with van der Waals surface area (Å²) in [6.45, 7) is 1.68. The topological polar surface area (TPSA) is 94.4 Å². The van der Waals surface area contributed by atoms with Crippen molar-refractivity contribution in [3.05, 3.63) is 68.5 Å². The van der Waals surface area contributed by atoms with Crippen LogP contribution in [0.2, 0.25) is 5.02 Å². The number of aryl methyl sites for hydroxylation is 1. The molecule has 0 spiro atoms. The first-order valence-corrected chi connectivity index (χ1v) is 9.02. The second kappa shape index (κ2) is 8.15. The third kappa shape index (κ3) is 4.81. The number of carbonyl (C=O) groups is 1. The van der Waals surface area contributed by atoms with Crippen molar-refractivity contribution in [3.63, 3.8) is 0 Å². The van der Waals surface area contributed by atoms with E-state index in [0.717, 1.165) is 16.1 Å². The Morgan fingerprint density at radius 2 is 2.04 bits per heavy atom. The Labute approximate surface area is 163 Å². The second-order valence-corrected chi connectivity index (χ2v) is 7.16. The van der Waals surface area contributed by atoms with Gasteiger partial charge in [0.15, 0.2) is 11.7 Å². The van der Waals surface area contributed by atoms with Crippen LogP contribution in [0.5, 0.6) is 5.75 Å². The molecule has 3 aromatic rings. The number of non-ortho nitro benzene ring substituents is 1. The first-order chi connectivity index (χ1) is 12.9. The molecule has 3 rings (SSSR count). The summed E-state index contributed by atoms with van der Waals surface area (Å²) in [4.78, 5) is 27.6. The Morgan fingerprint density at radius 1 is 1.30 bits per heavy atom. The zero-order valence-electron chi connectivity index (χ0n) is 14.1. The van der Waals surface area contributed by atoms with Gasteiger partial charge in [0.05, 0.1) is 10.6 Å². The number of carbonyl (C=O) groups excluding carboxylic acids is 1. The molecule has 138 valence electrons. The lowest BCUT2D eigenvalue weighted by Gasteiger charge is -2.05. The van der Waals surface area contributed by atoms with E-state index in [4.69, 9.17) is 16.3 Å². The van der Waals surface area contributed by atoms with Gasteiger partial charge in [-0.2, -0.15) is 0 Å². The highest BCUT2D eigenvalue weighted by molar-refractivity contribution is 7.16. The van der Waals surface area contributed by atoms with Crippen LogP contribution in [-0.2, 0) is 4.79 Å². The summed E-state index contributed by atoms with van der Waals surface area (Å²) >= 11 is 7.37. The number of anilines is 1. The molecule has 0 unspecified atom stereocenters. The van der Waals surface area contributed by atoms with Crippen molar-refractivity contribution >= 4 is 39.7 Å². The van der Waals surface area contributed by atoms with Crippen LogP contribution in [-0.4, -0.2) is 22.4 Å². The van der Waals surface area contributed by atoms with Crippen molar-refractivity contribution in [1.29, 1.82) is 0 Å². The molecule has 0 saturated carbocycles. The Bertz CT molecular complexity index is 989. The zero-order valence-corrected chi connectivity index (χ0v) is 15.7. The molecule has 2 aromatic carbocycles. The SMILES string of the molecule is Cc1sc(NC(=O)COc2ccc([N+](=O)[O-])cc2)nc1-c1cccc(Cl)c1.